The van der Waals surface area contributed by atoms with E-state index >= 15 is 0 Å². The maximum absolute atomic E-state index is 5.61. The molecule has 0 saturated heterocycles. The van der Waals surface area contributed by atoms with E-state index in [1.165, 1.54) is 91.1 Å². The second-order valence-electron chi connectivity index (χ2n) is 16.2. The molecule has 13 aromatic rings. The van der Waals surface area contributed by atoms with Crippen molar-refractivity contribution in [2.24, 2.45) is 0 Å². The predicted molar refractivity (Wildman–Crippen MR) is 266 cm³/mol. The zero-order valence-electron chi connectivity index (χ0n) is 33.6. The van der Waals surface area contributed by atoms with Crippen LogP contribution in [0, 0.1) is 0 Å². The van der Waals surface area contributed by atoms with Crippen molar-refractivity contribution in [2.75, 3.05) is 0 Å². The van der Waals surface area contributed by atoms with Gasteiger partial charge in [-0.1, -0.05) is 170 Å². The van der Waals surface area contributed by atoms with Gasteiger partial charge in [0.1, 0.15) is 0 Å². The first-order valence-corrected chi connectivity index (χ1v) is 22.0. The Kier molecular flexibility index (Phi) is 7.81. The molecule has 0 radical (unpaired) electrons. The summed E-state index contributed by atoms with van der Waals surface area (Å²) in [6.07, 6.45) is 0. The second-order valence-corrected chi connectivity index (χ2v) is 17.3. The molecule has 3 heteroatoms. The van der Waals surface area contributed by atoms with Crippen molar-refractivity contribution in [2.45, 2.75) is 0 Å². The van der Waals surface area contributed by atoms with Crippen molar-refractivity contribution in [3.8, 4) is 50.5 Å². The van der Waals surface area contributed by atoms with Crippen LogP contribution < -0.4 is 0 Å². The van der Waals surface area contributed by atoms with Gasteiger partial charge in [0.15, 0.2) is 0 Å². The number of nitrogens with zero attached hydrogens (tertiary/aromatic N) is 2. The third-order valence-corrected chi connectivity index (χ3v) is 14.0. The molecule has 3 aromatic heterocycles. The third kappa shape index (κ3) is 5.39. The van der Waals surface area contributed by atoms with Crippen LogP contribution >= 0.6 is 11.3 Å². The molecular formula is C59H36N2S. The van der Waals surface area contributed by atoms with E-state index < -0.39 is 0 Å². The monoisotopic (exact) mass is 804 g/mol. The number of hydrogen-bond donors (Lipinski definition) is 0. The maximum atomic E-state index is 5.61. The number of thiophene rings is 1. The number of para-hydroxylation sites is 2. The smallest absolute Gasteiger partial charge is 0.0730 e. The molecule has 0 aliphatic carbocycles. The molecule has 0 saturated carbocycles. The van der Waals surface area contributed by atoms with Crippen LogP contribution in [0.25, 0.3) is 125 Å². The molecule has 10 aromatic carbocycles. The van der Waals surface area contributed by atoms with Crippen molar-refractivity contribution in [3.63, 3.8) is 0 Å². The molecule has 288 valence electrons. The molecule has 0 fully saturated rings. The van der Waals surface area contributed by atoms with Crippen LogP contribution in [-0.2, 0) is 0 Å². The van der Waals surface area contributed by atoms with Gasteiger partial charge in [0.25, 0.3) is 0 Å². The highest BCUT2D eigenvalue weighted by Crippen LogP contribution is 2.47. The standard InChI is InChI=1S/C59H36N2S/c1-3-15-37(16-4-1)38-17-13-18-39(33-38)41-35-53(40-29-30-47-45-23-8-7-21-43(45)44-22-9-10-24-46(44)52(47)34-40)60-54(36-41)50-27-14-26-48-49-31-32-56-57(59(49)62-58(48)50)51-25-11-12-28-55(51)61(56)42-19-5-2-6-20-42/h1-36H. The van der Waals surface area contributed by atoms with Crippen molar-refractivity contribution in [1.82, 2.24) is 9.55 Å². The van der Waals surface area contributed by atoms with Gasteiger partial charge in [0, 0.05) is 47.8 Å². The van der Waals surface area contributed by atoms with Crippen LogP contribution in [0.15, 0.2) is 218 Å². The number of aromatic nitrogens is 2. The topological polar surface area (TPSA) is 17.8 Å². The van der Waals surface area contributed by atoms with Crippen LogP contribution in [0.5, 0.6) is 0 Å². The fraction of sp³-hybridized carbons (Fsp3) is 0. The Bertz CT molecular complexity index is 3880. The summed E-state index contributed by atoms with van der Waals surface area (Å²) >= 11 is 1.89. The van der Waals surface area contributed by atoms with Crippen molar-refractivity contribution >= 4 is 85.6 Å². The number of hydrogen-bond acceptors (Lipinski definition) is 2. The van der Waals surface area contributed by atoms with Gasteiger partial charge in [0.2, 0.25) is 0 Å². The van der Waals surface area contributed by atoms with E-state index in [1.54, 1.807) is 0 Å². The fourth-order valence-corrected chi connectivity index (χ4v) is 11.3. The third-order valence-electron chi connectivity index (χ3n) is 12.8. The second kappa shape index (κ2) is 13.9. The molecule has 0 bridgehead atoms. The highest BCUT2D eigenvalue weighted by Gasteiger charge is 2.20. The molecular weight excluding hydrogens is 769 g/mol. The number of fused-ring (bicyclic) bond motifs is 13. The van der Waals surface area contributed by atoms with Crippen molar-refractivity contribution in [3.05, 3.63) is 218 Å². The minimum atomic E-state index is 0.952. The molecule has 0 amide bonds. The molecule has 0 aliphatic heterocycles. The lowest BCUT2D eigenvalue weighted by Gasteiger charge is -2.14. The fourth-order valence-electron chi connectivity index (χ4n) is 9.92. The van der Waals surface area contributed by atoms with Gasteiger partial charge in [-0.25, -0.2) is 4.98 Å². The van der Waals surface area contributed by atoms with Gasteiger partial charge in [-0.3, -0.25) is 0 Å². The lowest BCUT2D eigenvalue weighted by molar-refractivity contribution is 1.18. The number of rotatable bonds is 5. The van der Waals surface area contributed by atoms with Crippen LogP contribution in [-0.4, -0.2) is 9.55 Å². The Hall–Kier alpha value is -7.85. The van der Waals surface area contributed by atoms with Gasteiger partial charge in [-0.05, 0) is 103 Å². The van der Waals surface area contributed by atoms with Crippen molar-refractivity contribution in [1.29, 1.82) is 0 Å². The average Bonchev–Trinajstić information content (AvgIpc) is 3.90. The van der Waals surface area contributed by atoms with E-state index in [0.29, 0.717) is 0 Å². The van der Waals surface area contributed by atoms with Crippen LogP contribution in [0.3, 0.4) is 0 Å². The first kappa shape index (κ1) is 35.0. The summed E-state index contributed by atoms with van der Waals surface area (Å²) in [7, 11) is 0. The summed E-state index contributed by atoms with van der Waals surface area (Å²) in [6, 6.07) is 79.6. The average molecular weight is 805 g/mol. The summed E-state index contributed by atoms with van der Waals surface area (Å²) < 4.78 is 4.96. The van der Waals surface area contributed by atoms with Gasteiger partial charge in [-0.2, -0.15) is 0 Å². The van der Waals surface area contributed by atoms with Gasteiger partial charge >= 0.3 is 0 Å². The summed E-state index contributed by atoms with van der Waals surface area (Å²) in [5, 5.41) is 12.7. The van der Waals surface area contributed by atoms with Crippen molar-refractivity contribution < 1.29 is 0 Å². The molecule has 0 aliphatic rings. The SMILES string of the molecule is c1ccc(-c2cccc(-c3cc(-c4ccc5c6ccccc6c6ccccc6c5c4)nc(-c4cccc5c4sc4c5ccc5c4c4ccccc4n5-c4ccccc4)c3)c2)cc1. The minimum Gasteiger partial charge on any atom is -0.309 e. The molecule has 3 heterocycles. The van der Waals surface area contributed by atoms with E-state index in [1.807, 2.05) is 11.3 Å². The molecule has 13 rings (SSSR count). The molecule has 0 atom stereocenters. The Morgan fingerprint density at radius 3 is 1.61 bits per heavy atom. The van der Waals surface area contributed by atoms with Crippen LogP contribution in [0.2, 0.25) is 0 Å². The normalized spacial score (nSPS) is 11.9. The Morgan fingerprint density at radius 2 is 0.855 bits per heavy atom. The Labute approximate surface area is 362 Å². The summed E-state index contributed by atoms with van der Waals surface area (Å²) in [4.78, 5) is 5.61. The van der Waals surface area contributed by atoms with Crippen LogP contribution in [0.1, 0.15) is 0 Å². The van der Waals surface area contributed by atoms with E-state index in [4.69, 9.17) is 4.98 Å². The number of benzene rings is 10. The van der Waals surface area contributed by atoms with Gasteiger partial charge in [-0.15, -0.1) is 11.3 Å². The first-order chi connectivity index (χ1) is 30.7. The molecule has 0 N–H and O–H groups in total. The van der Waals surface area contributed by atoms with E-state index in [-0.39, 0.29) is 0 Å². The molecule has 2 nitrogen and oxygen atoms in total. The number of pyridine rings is 1. The Balaban J connectivity index is 1.06. The minimum absolute atomic E-state index is 0.952. The summed E-state index contributed by atoms with van der Waals surface area (Å²) in [5.74, 6) is 0. The lowest BCUT2D eigenvalue weighted by Crippen LogP contribution is -1.92. The largest absolute Gasteiger partial charge is 0.309 e. The quantitative estimate of drug-likeness (QED) is 0.158. The highest BCUT2D eigenvalue weighted by molar-refractivity contribution is 7.27. The predicted octanol–water partition coefficient (Wildman–Crippen LogP) is 16.7. The van der Waals surface area contributed by atoms with E-state index in [9.17, 15) is 0 Å². The maximum Gasteiger partial charge on any atom is 0.0730 e. The first-order valence-electron chi connectivity index (χ1n) is 21.2. The van der Waals surface area contributed by atoms with Gasteiger partial charge in [0.05, 0.1) is 22.4 Å². The van der Waals surface area contributed by atoms with E-state index in [2.05, 4.69) is 223 Å². The molecule has 62 heavy (non-hydrogen) atoms. The van der Waals surface area contributed by atoms with Gasteiger partial charge < -0.3 is 4.57 Å². The summed E-state index contributed by atoms with van der Waals surface area (Å²) in [5.41, 5.74) is 12.4. The molecule has 0 unspecified atom stereocenters. The zero-order chi connectivity index (χ0) is 40.7. The Morgan fingerprint density at radius 1 is 0.306 bits per heavy atom. The zero-order valence-corrected chi connectivity index (χ0v) is 34.4. The highest BCUT2D eigenvalue weighted by atomic mass is 32.1. The summed E-state index contributed by atoms with van der Waals surface area (Å²) in [6.45, 7) is 0. The van der Waals surface area contributed by atoms with Crippen LogP contribution in [0.4, 0.5) is 0 Å². The molecule has 0 spiro atoms. The van der Waals surface area contributed by atoms with E-state index in [0.717, 1.165) is 33.6 Å². The lowest BCUT2D eigenvalue weighted by atomic mass is 9.92.